The maximum absolute atomic E-state index is 10.2. The molecule has 1 aromatic rings. The van der Waals surface area contributed by atoms with Crippen LogP contribution in [0.5, 0.6) is 0 Å². The van der Waals surface area contributed by atoms with Crippen LogP contribution < -0.4 is 0 Å². The van der Waals surface area contributed by atoms with Gasteiger partial charge in [0.1, 0.15) is 0 Å². The zero-order chi connectivity index (χ0) is 13.0. The first kappa shape index (κ1) is 11.9. The summed E-state index contributed by atoms with van der Waals surface area (Å²) < 4.78 is 5.90. The van der Waals surface area contributed by atoms with E-state index in [1.54, 1.807) is 0 Å². The minimum Gasteiger partial charge on any atom is -0.364 e. The normalized spacial score (nSPS) is 41.9. The Bertz CT molecular complexity index is 445. The van der Waals surface area contributed by atoms with Crippen molar-refractivity contribution in [3.05, 3.63) is 35.9 Å². The summed E-state index contributed by atoms with van der Waals surface area (Å²) in [5, 5.41) is 10.2. The first-order valence-corrected chi connectivity index (χ1v) is 7.34. The summed E-state index contributed by atoms with van der Waals surface area (Å²) in [7, 11) is 2.26. The van der Waals surface area contributed by atoms with Gasteiger partial charge in [-0.05, 0) is 38.1 Å². The summed E-state index contributed by atoms with van der Waals surface area (Å²) in [5.41, 5.74) is 0.860. The maximum Gasteiger partial charge on any atom is 0.181 e. The van der Waals surface area contributed by atoms with Crippen LogP contribution in [-0.2, 0) is 4.74 Å². The van der Waals surface area contributed by atoms with Crippen LogP contribution in [0.1, 0.15) is 31.1 Å². The van der Waals surface area contributed by atoms with Gasteiger partial charge in [0.05, 0.1) is 6.10 Å². The van der Waals surface area contributed by atoms with Gasteiger partial charge >= 0.3 is 0 Å². The van der Waals surface area contributed by atoms with Crippen molar-refractivity contribution in [2.75, 3.05) is 7.05 Å². The monoisotopic (exact) mass is 259 g/mol. The number of aliphatic hydroxyl groups excluding tert-OH is 1. The fourth-order valence-electron chi connectivity index (χ4n) is 4.28. The first-order chi connectivity index (χ1) is 9.24. The van der Waals surface area contributed by atoms with Crippen LogP contribution in [0.15, 0.2) is 30.3 Å². The van der Waals surface area contributed by atoms with Crippen molar-refractivity contribution < 1.29 is 9.84 Å². The van der Waals surface area contributed by atoms with Gasteiger partial charge in [-0.1, -0.05) is 30.3 Å². The molecule has 1 N–H and O–H groups in total. The summed E-state index contributed by atoms with van der Waals surface area (Å²) in [4.78, 5) is 2.55. The highest BCUT2D eigenvalue weighted by Gasteiger charge is 2.60. The van der Waals surface area contributed by atoms with Crippen LogP contribution >= 0.6 is 0 Å². The van der Waals surface area contributed by atoms with Crippen LogP contribution in [0.4, 0.5) is 0 Å². The van der Waals surface area contributed by atoms with Gasteiger partial charge in [0.2, 0.25) is 0 Å². The predicted octanol–water partition coefficient (Wildman–Crippen LogP) is 2.18. The highest BCUT2D eigenvalue weighted by molar-refractivity contribution is 5.16. The minimum absolute atomic E-state index is 0.217. The molecule has 2 bridgehead atoms. The molecule has 0 radical (unpaired) electrons. The Hall–Kier alpha value is -0.900. The van der Waals surface area contributed by atoms with Crippen molar-refractivity contribution in [1.82, 2.24) is 4.90 Å². The molecule has 4 rings (SSSR count). The van der Waals surface area contributed by atoms with Gasteiger partial charge in [-0.3, -0.25) is 4.90 Å². The summed E-state index contributed by atoms with van der Waals surface area (Å²) in [5.74, 6) is 1.83. The average molecular weight is 259 g/mol. The highest BCUT2D eigenvalue weighted by atomic mass is 16.6. The topological polar surface area (TPSA) is 32.7 Å². The molecule has 3 fully saturated rings. The number of rotatable bonds is 3. The van der Waals surface area contributed by atoms with E-state index in [1.165, 1.54) is 6.42 Å². The summed E-state index contributed by atoms with van der Waals surface area (Å²) in [6.45, 7) is 0. The summed E-state index contributed by atoms with van der Waals surface area (Å²) >= 11 is 0. The van der Waals surface area contributed by atoms with Gasteiger partial charge in [0.25, 0.3) is 0 Å². The van der Waals surface area contributed by atoms with E-state index < -0.39 is 6.29 Å². The zero-order valence-electron chi connectivity index (χ0n) is 11.3. The van der Waals surface area contributed by atoms with E-state index >= 15 is 0 Å². The lowest BCUT2D eigenvalue weighted by molar-refractivity contribution is -0.159. The molecule has 0 aromatic heterocycles. The van der Waals surface area contributed by atoms with Crippen molar-refractivity contribution in [2.24, 2.45) is 11.8 Å². The van der Waals surface area contributed by atoms with Gasteiger partial charge < -0.3 is 9.84 Å². The van der Waals surface area contributed by atoms with E-state index in [9.17, 15) is 5.11 Å². The van der Waals surface area contributed by atoms with E-state index in [1.807, 2.05) is 30.3 Å². The van der Waals surface area contributed by atoms with E-state index in [0.717, 1.165) is 30.2 Å². The van der Waals surface area contributed by atoms with E-state index in [4.69, 9.17) is 4.74 Å². The van der Waals surface area contributed by atoms with Crippen LogP contribution in [0.2, 0.25) is 0 Å². The smallest absolute Gasteiger partial charge is 0.181 e. The van der Waals surface area contributed by atoms with E-state index in [0.29, 0.717) is 12.1 Å². The van der Waals surface area contributed by atoms with E-state index in [2.05, 4.69) is 11.9 Å². The molecule has 3 heteroatoms. The minimum atomic E-state index is -0.773. The quantitative estimate of drug-likeness (QED) is 0.845. The Morgan fingerprint density at radius 3 is 2.37 bits per heavy atom. The molecule has 1 aliphatic carbocycles. The van der Waals surface area contributed by atoms with Crippen LogP contribution in [0.25, 0.3) is 0 Å². The summed E-state index contributed by atoms with van der Waals surface area (Å²) in [6, 6.07) is 11.1. The second-order valence-electron chi connectivity index (χ2n) is 6.36. The van der Waals surface area contributed by atoms with Gasteiger partial charge in [-0.25, -0.2) is 0 Å². The first-order valence-electron chi connectivity index (χ1n) is 7.34. The second kappa shape index (κ2) is 4.30. The number of piperidine rings is 2. The highest BCUT2D eigenvalue weighted by Crippen LogP contribution is 2.58. The molecule has 1 aromatic carbocycles. The largest absolute Gasteiger partial charge is 0.364 e. The maximum atomic E-state index is 10.2. The predicted molar refractivity (Wildman–Crippen MR) is 72.4 cm³/mol. The lowest BCUT2D eigenvalue weighted by Crippen LogP contribution is -2.46. The molecule has 2 saturated heterocycles. The molecule has 19 heavy (non-hydrogen) atoms. The molecule has 0 spiro atoms. The number of hydrogen-bond donors (Lipinski definition) is 1. The third kappa shape index (κ3) is 1.92. The van der Waals surface area contributed by atoms with Crippen LogP contribution in [0, 0.1) is 11.8 Å². The molecule has 6 atom stereocenters. The molecule has 3 aliphatic rings. The molecule has 0 amide bonds. The number of nitrogens with zero attached hydrogens (tertiary/aromatic N) is 1. The van der Waals surface area contributed by atoms with Gasteiger partial charge in [0.15, 0.2) is 6.29 Å². The zero-order valence-corrected chi connectivity index (χ0v) is 11.3. The van der Waals surface area contributed by atoms with Crippen molar-refractivity contribution in [1.29, 1.82) is 0 Å². The Morgan fingerprint density at radius 2 is 1.74 bits per heavy atom. The molecule has 4 unspecified atom stereocenters. The van der Waals surface area contributed by atoms with E-state index in [-0.39, 0.29) is 6.10 Å². The van der Waals surface area contributed by atoms with Crippen LogP contribution in [-0.4, -0.2) is 35.2 Å². The SMILES string of the molecule is CN1C2CC(OC(O)c3ccccc3)CC1[C@@H]1C[C@H]21. The average Bonchev–Trinajstić information content (AvgIpc) is 3.18. The number of benzene rings is 1. The summed E-state index contributed by atoms with van der Waals surface area (Å²) in [6.07, 6.45) is 3.03. The standard InChI is InChI=1S/C16H21NO2/c1-17-14-7-11(8-15(17)13-9-12(13)14)19-16(18)10-5-3-2-4-6-10/h2-6,11-16,18H,7-9H2,1H3/t11?,12-,13+,14?,15?,16?. The molecule has 1 saturated carbocycles. The lowest BCUT2D eigenvalue weighted by Gasteiger charge is -2.39. The van der Waals surface area contributed by atoms with Crippen LogP contribution in [0.3, 0.4) is 0 Å². The van der Waals surface area contributed by atoms with Gasteiger partial charge in [-0.2, -0.15) is 0 Å². The molecule has 2 heterocycles. The van der Waals surface area contributed by atoms with Crippen molar-refractivity contribution in [2.45, 2.75) is 43.7 Å². The molecule has 3 nitrogen and oxygen atoms in total. The Balaban J connectivity index is 1.42. The number of aliphatic hydroxyl groups is 1. The van der Waals surface area contributed by atoms with Gasteiger partial charge in [0, 0.05) is 17.6 Å². The molecular formula is C16H21NO2. The van der Waals surface area contributed by atoms with Gasteiger partial charge in [-0.15, -0.1) is 0 Å². The molecule has 2 aliphatic heterocycles. The molecular weight excluding hydrogens is 238 g/mol. The fraction of sp³-hybridized carbons (Fsp3) is 0.625. The number of hydrogen-bond acceptors (Lipinski definition) is 3. The number of fused-ring (bicyclic) bond motifs is 5. The second-order valence-corrected chi connectivity index (χ2v) is 6.36. The Kier molecular flexibility index (Phi) is 2.69. The lowest BCUT2D eigenvalue weighted by atomic mass is 9.95. The van der Waals surface area contributed by atoms with Crippen molar-refractivity contribution in [3.63, 3.8) is 0 Å². The fourth-order valence-corrected chi connectivity index (χ4v) is 4.28. The third-order valence-corrected chi connectivity index (χ3v) is 5.34. The molecule has 102 valence electrons. The number of ether oxygens (including phenoxy) is 1. The Morgan fingerprint density at radius 1 is 1.11 bits per heavy atom. The van der Waals surface area contributed by atoms with Crippen molar-refractivity contribution in [3.8, 4) is 0 Å². The Labute approximate surface area is 114 Å². The third-order valence-electron chi connectivity index (χ3n) is 5.34. The van der Waals surface area contributed by atoms with Crippen molar-refractivity contribution >= 4 is 0 Å².